The molecule has 0 saturated carbocycles. The first-order valence-electron chi connectivity index (χ1n) is 9.04. The largest absolute Gasteiger partial charge is 0.422 e. The van der Waals surface area contributed by atoms with E-state index in [1.165, 1.54) is 0 Å². The summed E-state index contributed by atoms with van der Waals surface area (Å²) in [5, 5.41) is 4.31. The molecule has 1 atom stereocenters. The molecule has 27 heavy (non-hydrogen) atoms. The van der Waals surface area contributed by atoms with Gasteiger partial charge in [-0.15, -0.1) is 0 Å². The highest BCUT2D eigenvalue weighted by Gasteiger charge is 2.17. The number of piperazine rings is 1. The van der Waals surface area contributed by atoms with E-state index in [1.807, 2.05) is 30.5 Å². The molecule has 1 saturated heterocycles. The average molecular weight is 361 g/mol. The topological polar surface area (TPSA) is 75.7 Å². The van der Waals surface area contributed by atoms with Crippen molar-refractivity contribution in [2.45, 2.75) is 13.0 Å². The van der Waals surface area contributed by atoms with Gasteiger partial charge in [-0.1, -0.05) is 0 Å². The fourth-order valence-corrected chi connectivity index (χ4v) is 3.60. The first kappa shape index (κ1) is 16.0. The van der Waals surface area contributed by atoms with Crippen LogP contribution in [0.25, 0.3) is 28.0 Å². The number of benzene rings is 1. The summed E-state index contributed by atoms with van der Waals surface area (Å²) in [5.74, 6) is 0.551. The Balaban J connectivity index is 1.57. The van der Waals surface area contributed by atoms with Crippen molar-refractivity contribution in [3.63, 3.8) is 0 Å². The fraction of sp³-hybridized carbons (Fsp3) is 0.250. The molecule has 4 aromatic rings. The van der Waals surface area contributed by atoms with Gasteiger partial charge >= 0.3 is 5.63 Å². The summed E-state index contributed by atoms with van der Waals surface area (Å²) in [7, 11) is 0. The lowest BCUT2D eigenvalue weighted by Gasteiger charge is -2.33. The number of imidazole rings is 1. The number of hydrogen-bond acceptors (Lipinski definition) is 6. The molecule has 1 aromatic carbocycles. The molecule has 3 aromatic heterocycles. The molecule has 0 bridgehead atoms. The molecular formula is C20H19N5O2. The summed E-state index contributed by atoms with van der Waals surface area (Å²) in [4.78, 5) is 23.5. The lowest BCUT2D eigenvalue weighted by Crippen LogP contribution is -2.49. The second kappa shape index (κ2) is 6.21. The summed E-state index contributed by atoms with van der Waals surface area (Å²) in [5.41, 5.74) is 2.27. The van der Waals surface area contributed by atoms with Crippen molar-refractivity contribution in [2.75, 3.05) is 24.5 Å². The van der Waals surface area contributed by atoms with Crippen LogP contribution in [0.2, 0.25) is 0 Å². The zero-order chi connectivity index (χ0) is 18.4. The van der Waals surface area contributed by atoms with E-state index in [0.717, 1.165) is 30.7 Å². The highest BCUT2D eigenvalue weighted by molar-refractivity contribution is 5.84. The van der Waals surface area contributed by atoms with Gasteiger partial charge in [0.25, 0.3) is 0 Å². The van der Waals surface area contributed by atoms with Crippen molar-refractivity contribution in [1.82, 2.24) is 19.7 Å². The number of nitrogens with zero attached hydrogens (tertiary/aromatic N) is 4. The predicted octanol–water partition coefficient (Wildman–Crippen LogP) is 2.30. The van der Waals surface area contributed by atoms with E-state index in [-0.39, 0.29) is 0 Å². The molecule has 5 rings (SSSR count). The second-order valence-corrected chi connectivity index (χ2v) is 6.92. The quantitative estimate of drug-likeness (QED) is 0.552. The van der Waals surface area contributed by atoms with Gasteiger partial charge in [0.1, 0.15) is 5.58 Å². The van der Waals surface area contributed by atoms with E-state index >= 15 is 0 Å². The van der Waals surface area contributed by atoms with E-state index in [2.05, 4.69) is 33.2 Å². The minimum atomic E-state index is -0.392. The SMILES string of the molecule is C[C@H]1CN(c2ccc3cc(-c4cn5cccnc5n4)c(=O)oc3c2)CCN1. The molecule has 0 radical (unpaired) electrons. The highest BCUT2D eigenvalue weighted by atomic mass is 16.4. The Morgan fingerprint density at radius 2 is 2.22 bits per heavy atom. The Labute approximate surface area is 155 Å². The van der Waals surface area contributed by atoms with E-state index < -0.39 is 5.63 Å². The number of fused-ring (bicyclic) bond motifs is 2. The summed E-state index contributed by atoms with van der Waals surface area (Å²) < 4.78 is 7.42. The van der Waals surface area contributed by atoms with Crippen molar-refractivity contribution in [3.05, 3.63) is 59.3 Å². The number of anilines is 1. The minimum absolute atomic E-state index is 0.392. The zero-order valence-electron chi connectivity index (χ0n) is 14.9. The molecule has 1 fully saturated rings. The Morgan fingerprint density at radius 1 is 1.30 bits per heavy atom. The number of rotatable bonds is 2. The Kier molecular flexibility index (Phi) is 3.68. The molecule has 0 aliphatic carbocycles. The van der Waals surface area contributed by atoms with Crippen LogP contribution < -0.4 is 15.8 Å². The van der Waals surface area contributed by atoms with Gasteiger partial charge in [-0.25, -0.2) is 14.8 Å². The van der Waals surface area contributed by atoms with Crippen LogP contribution in [-0.2, 0) is 0 Å². The van der Waals surface area contributed by atoms with Crippen LogP contribution in [0.4, 0.5) is 5.69 Å². The molecule has 4 heterocycles. The lowest BCUT2D eigenvalue weighted by molar-refractivity contribution is 0.484. The summed E-state index contributed by atoms with van der Waals surface area (Å²) in [6.07, 6.45) is 5.31. The van der Waals surface area contributed by atoms with Crippen LogP contribution in [0.15, 0.2) is 58.1 Å². The number of hydrogen-bond donors (Lipinski definition) is 1. The van der Waals surface area contributed by atoms with Crippen LogP contribution in [-0.4, -0.2) is 40.0 Å². The molecule has 1 aliphatic rings. The molecule has 7 nitrogen and oxygen atoms in total. The van der Waals surface area contributed by atoms with Gasteiger partial charge in [0, 0.05) is 61.4 Å². The van der Waals surface area contributed by atoms with Crippen molar-refractivity contribution < 1.29 is 4.42 Å². The van der Waals surface area contributed by atoms with Crippen molar-refractivity contribution in [1.29, 1.82) is 0 Å². The van der Waals surface area contributed by atoms with Crippen LogP contribution in [0.5, 0.6) is 0 Å². The second-order valence-electron chi connectivity index (χ2n) is 6.92. The Bertz CT molecular complexity index is 1160. The molecule has 0 amide bonds. The van der Waals surface area contributed by atoms with Crippen LogP contribution >= 0.6 is 0 Å². The summed E-state index contributed by atoms with van der Waals surface area (Å²) >= 11 is 0. The molecule has 0 unspecified atom stereocenters. The van der Waals surface area contributed by atoms with Crippen molar-refractivity contribution in [3.8, 4) is 11.3 Å². The van der Waals surface area contributed by atoms with E-state index in [9.17, 15) is 4.79 Å². The Hall–Kier alpha value is -3.19. The highest BCUT2D eigenvalue weighted by Crippen LogP contribution is 2.25. The maximum atomic E-state index is 12.6. The van der Waals surface area contributed by atoms with Gasteiger partial charge in [-0.05, 0) is 31.2 Å². The third-order valence-corrected chi connectivity index (χ3v) is 4.96. The smallest absolute Gasteiger partial charge is 0.345 e. The summed E-state index contributed by atoms with van der Waals surface area (Å²) in [6.45, 7) is 4.99. The minimum Gasteiger partial charge on any atom is -0.422 e. The van der Waals surface area contributed by atoms with Crippen molar-refractivity contribution in [2.24, 2.45) is 0 Å². The first-order valence-corrected chi connectivity index (χ1v) is 9.04. The third-order valence-electron chi connectivity index (χ3n) is 4.96. The van der Waals surface area contributed by atoms with Crippen LogP contribution in [0, 0.1) is 0 Å². The van der Waals surface area contributed by atoms with E-state index in [4.69, 9.17) is 4.42 Å². The molecule has 7 heteroatoms. The molecule has 0 spiro atoms. The van der Waals surface area contributed by atoms with Gasteiger partial charge in [-0.2, -0.15) is 0 Å². The molecule has 136 valence electrons. The van der Waals surface area contributed by atoms with Crippen molar-refractivity contribution >= 4 is 22.4 Å². The standard InChI is InChI=1S/C20H19N5O2/c1-13-11-24(8-6-21-13)15-4-3-14-9-16(19(26)27-18(14)10-15)17-12-25-7-2-5-22-20(25)23-17/h2-5,7,9-10,12-13,21H,6,8,11H2,1H3/t13-/m0/s1. The van der Waals surface area contributed by atoms with Crippen LogP contribution in [0.1, 0.15) is 6.92 Å². The maximum Gasteiger partial charge on any atom is 0.345 e. The molecular weight excluding hydrogens is 342 g/mol. The lowest BCUT2D eigenvalue weighted by atomic mass is 10.1. The average Bonchev–Trinajstić information content (AvgIpc) is 3.11. The fourth-order valence-electron chi connectivity index (χ4n) is 3.60. The summed E-state index contributed by atoms with van der Waals surface area (Å²) in [6, 6.07) is 10.1. The molecule has 1 N–H and O–H groups in total. The normalized spacial score (nSPS) is 17.7. The molecule has 1 aliphatic heterocycles. The first-order chi connectivity index (χ1) is 13.2. The van der Waals surface area contributed by atoms with E-state index in [1.54, 1.807) is 16.8 Å². The van der Waals surface area contributed by atoms with Gasteiger partial charge in [0.05, 0.1) is 11.3 Å². The third kappa shape index (κ3) is 2.86. The zero-order valence-corrected chi connectivity index (χ0v) is 14.9. The maximum absolute atomic E-state index is 12.6. The number of nitrogens with one attached hydrogen (secondary N) is 1. The monoisotopic (exact) mass is 361 g/mol. The van der Waals surface area contributed by atoms with Crippen LogP contribution in [0.3, 0.4) is 0 Å². The van der Waals surface area contributed by atoms with Gasteiger partial charge in [0.2, 0.25) is 5.78 Å². The Morgan fingerprint density at radius 3 is 3.07 bits per heavy atom. The van der Waals surface area contributed by atoms with Gasteiger partial charge in [-0.3, -0.25) is 4.40 Å². The van der Waals surface area contributed by atoms with E-state index in [0.29, 0.717) is 28.7 Å². The number of aromatic nitrogens is 3. The van der Waals surface area contributed by atoms with Gasteiger partial charge < -0.3 is 14.6 Å². The van der Waals surface area contributed by atoms with Gasteiger partial charge in [0.15, 0.2) is 0 Å². The predicted molar refractivity (Wildman–Crippen MR) is 104 cm³/mol.